The van der Waals surface area contributed by atoms with Crippen molar-refractivity contribution in [3.8, 4) is 5.69 Å². The van der Waals surface area contributed by atoms with Gasteiger partial charge in [0.15, 0.2) is 0 Å². The fourth-order valence-electron chi connectivity index (χ4n) is 2.53. The van der Waals surface area contributed by atoms with Crippen LogP contribution < -0.4 is 9.44 Å². The Kier molecular flexibility index (Phi) is 5.28. The molecule has 3 rings (SSSR count). The van der Waals surface area contributed by atoms with Crippen molar-refractivity contribution < 1.29 is 8.42 Å². The molecular weight excluding hydrogens is 336 g/mol. The highest BCUT2D eigenvalue weighted by Crippen LogP contribution is 2.16. The van der Waals surface area contributed by atoms with Crippen molar-refractivity contribution in [2.45, 2.75) is 20.0 Å². The van der Waals surface area contributed by atoms with E-state index in [2.05, 4.69) is 14.4 Å². The van der Waals surface area contributed by atoms with Crippen LogP contribution in [0.3, 0.4) is 0 Å². The normalized spacial score (nSPS) is 11.6. The van der Waals surface area contributed by atoms with Crippen LogP contribution in [-0.4, -0.2) is 18.0 Å². The van der Waals surface area contributed by atoms with E-state index in [-0.39, 0.29) is 13.1 Å². The molecule has 2 aromatic carbocycles. The molecule has 0 saturated carbocycles. The Morgan fingerprint density at radius 1 is 0.960 bits per heavy atom. The van der Waals surface area contributed by atoms with E-state index >= 15 is 0 Å². The zero-order valence-electron chi connectivity index (χ0n) is 13.9. The molecule has 1 aromatic heterocycles. The maximum atomic E-state index is 12.2. The van der Waals surface area contributed by atoms with Gasteiger partial charge in [-0.3, -0.25) is 0 Å². The molecule has 130 valence electrons. The number of hydrogen-bond acceptors (Lipinski definition) is 3. The molecule has 7 heteroatoms. The first-order valence-electron chi connectivity index (χ1n) is 7.91. The molecule has 0 saturated heterocycles. The van der Waals surface area contributed by atoms with Crippen LogP contribution in [0.25, 0.3) is 5.69 Å². The first-order chi connectivity index (χ1) is 12.1. The van der Waals surface area contributed by atoms with Gasteiger partial charge in [0.2, 0.25) is 0 Å². The van der Waals surface area contributed by atoms with E-state index in [1.165, 1.54) is 0 Å². The van der Waals surface area contributed by atoms with E-state index < -0.39 is 10.2 Å². The lowest BCUT2D eigenvalue weighted by Crippen LogP contribution is -2.35. The number of para-hydroxylation sites is 1. The Hall–Kier alpha value is -2.48. The minimum Gasteiger partial charge on any atom is -0.304 e. The predicted octanol–water partition coefficient (Wildman–Crippen LogP) is 2.30. The monoisotopic (exact) mass is 356 g/mol. The Labute approximate surface area is 147 Å². The van der Waals surface area contributed by atoms with Crippen LogP contribution in [0.5, 0.6) is 0 Å². The molecule has 0 amide bonds. The summed E-state index contributed by atoms with van der Waals surface area (Å²) < 4.78 is 31.5. The minimum atomic E-state index is -3.60. The van der Waals surface area contributed by atoms with Crippen LogP contribution in [0.4, 0.5) is 0 Å². The molecule has 0 spiro atoms. The summed E-state index contributed by atoms with van der Waals surface area (Å²) in [5, 5.41) is 0. The molecule has 1 heterocycles. The predicted molar refractivity (Wildman–Crippen MR) is 97.3 cm³/mol. The SMILES string of the molecule is Cc1nccn1-c1ccccc1CNS(=O)(=O)NCc1ccccc1. The van der Waals surface area contributed by atoms with Crippen molar-refractivity contribution in [1.82, 2.24) is 19.0 Å². The second-order valence-electron chi connectivity index (χ2n) is 5.60. The Bertz CT molecular complexity index is 936. The van der Waals surface area contributed by atoms with E-state index in [1.54, 1.807) is 6.20 Å². The number of aromatic nitrogens is 2. The molecular formula is C18H20N4O2S. The van der Waals surface area contributed by atoms with Gasteiger partial charge in [0, 0.05) is 25.5 Å². The van der Waals surface area contributed by atoms with Crippen molar-refractivity contribution in [3.63, 3.8) is 0 Å². The summed E-state index contributed by atoms with van der Waals surface area (Å²) in [6.07, 6.45) is 3.58. The number of nitrogens with one attached hydrogen (secondary N) is 2. The summed E-state index contributed by atoms with van der Waals surface area (Å²) >= 11 is 0. The maximum Gasteiger partial charge on any atom is 0.277 e. The number of benzene rings is 2. The molecule has 0 unspecified atom stereocenters. The van der Waals surface area contributed by atoms with Crippen LogP contribution >= 0.6 is 0 Å². The van der Waals surface area contributed by atoms with Gasteiger partial charge in [0.25, 0.3) is 10.2 Å². The van der Waals surface area contributed by atoms with Crippen LogP contribution in [0.2, 0.25) is 0 Å². The highest BCUT2D eigenvalue weighted by molar-refractivity contribution is 7.87. The zero-order chi connectivity index (χ0) is 17.7. The van der Waals surface area contributed by atoms with Crippen molar-refractivity contribution in [2.24, 2.45) is 0 Å². The summed E-state index contributed by atoms with van der Waals surface area (Å²) in [6, 6.07) is 17.0. The topological polar surface area (TPSA) is 76.0 Å². The third-order valence-corrected chi connectivity index (χ3v) is 4.89. The van der Waals surface area contributed by atoms with Crippen LogP contribution in [0.1, 0.15) is 17.0 Å². The largest absolute Gasteiger partial charge is 0.304 e. The summed E-state index contributed by atoms with van der Waals surface area (Å²) in [4.78, 5) is 4.22. The lowest BCUT2D eigenvalue weighted by atomic mass is 10.2. The zero-order valence-corrected chi connectivity index (χ0v) is 14.7. The molecule has 0 bridgehead atoms. The third kappa shape index (κ3) is 4.54. The molecule has 0 radical (unpaired) electrons. The Balaban J connectivity index is 1.68. The summed E-state index contributed by atoms with van der Waals surface area (Å²) in [5.41, 5.74) is 2.68. The number of imidazole rings is 1. The average Bonchev–Trinajstić information content (AvgIpc) is 3.05. The van der Waals surface area contributed by atoms with Gasteiger partial charge >= 0.3 is 0 Å². The average molecular weight is 356 g/mol. The van der Waals surface area contributed by atoms with E-state index in [0.29, 0.717) is 0 Å². The van der Waals surface area contributed by atoms with Gasteiger partial charge in [-0.1, -0.05) is 48.5 Å². The van der Waals surface area contributed by atoms with E-state index in [9.17, 15) is 8.42 Å². The number of hydrogen-bond donors (Lipinski definition) is 2. The summed E-state index contributed by atoms with van der Waals surface area (Å²) in [5.74, 6) is 0.845. The first-order valence-corrected chi connectivity index (χ1v) is 9.40. The van der Waals surface area contributed by atoms with Crippen LogP contribution in [0.15, 0.2) is 67.0 Å². The van der Waals surface area contributed by atoms with Crippen molar-refractivity contribution >= 4 is 10.2 Å². The maximum absolute atomic E-state index is 12.2. The molecule has 25 heavy (non-hydrogen) atoms. The van der Waals surface area contributed by atoms with Gasteiger partial charge in [0.1, 0.15) is 5.82 Å². The quantitative estimate of drug-likeness (QED) is 0.682. The molecule has 6 nitrogen and oxygen atoms in total. The third-order valence-electron chi connectivity index (χ3n) is 3.84. The number of aryl methyl sites for hydroxylation is 1. The summed E-state index contributed by atoms with van der Waals surface area (Å²) in [7, 11) is -3.60. The van der Waals surface area contributed by atoms with Gasteiger partial charge in [-0.05, 0) is 24.1 Å². The lowest BCUT2D eigenvalue weighted by molar-refractivity contribution is 0.565. The van der Waals surface area contributed by atoms with Gasteiger partial charge in [-0.25, -0.2) is 4.98 Å². The van der Waals surface area contributed by atoms with Gasteiger partial charge in [0.05, 0.1) is 5.69 Å². The second kappa shape index (κ2) is 7.60. The highest BCUT2D eigenvalue weighted by Gasteiger charge is 2.12. The minimum absolute atomic E-state index is 0.192. The molecule has 2 N–H and O–H groups in total. The van der Waals surface area contributed by atoms with Crippen molar-refractivity contribution in [3.05, 3.63) is 83.9 Å². The first kappa shape index (κ1) is 17.3. The van der Waals surface area contributed by atoms with E-state index in [4.69, 9.17) is 0 Å². The van der Waals surface area contributed by atoms with Crippen molar-refractivity contribution in [2.75, 3.05) is 0 Å². The van der Waals surface area contributed by atoms with Gasteiger partial charge in [-0.15, -0.1) is 0 Å². The van der Waals surface area contributed by atoms with Crippen molar-refractivity contribution in [1.29, 1.82) is 0 Å². The fourth-order valence-corrected chi connectivity index (χ4v) is 3.33. The van der Waals surface area contributed by atoms with Gasteiger partial charge < -0.3 is 4.57 Å². The molecule has 0 aliphatic carbocycles. The number of rotatable bonds is 7. The van der Waals surface area contributed by atoms with Gasteiger partial charge in [-0.2, -0.15) is 17.9 Å². The molecule has 0 atom stereocenters. The number of nitrogens with zero attached hydrogens (tertiary/aromatic N) is 2. The Morgan fingerprint density at radius 3 is 2.36 bits per heavy atom. The summed E-state index contributed by atoms with van der Waals surface area (Å²) in [6.45, 7) is 2.35. The van der Waals surface area contributed by atoms with E-state index in [1.807, 2.05) is 72.3 Å². The molecule has 0 fully saturated rings. The standard InChI is InChI=1S/C18H20N4O2S/c1-15-19-11-12-22(15)18-10-6-5-9-17(18)14-21-25(23,24)20-13-16-7-3-2-4-8-16/h2-12,20-21H,13-14H2,1H3. The van der Waals surface area contributed by atoms with Crippen LogP contribution in [-0.2, 0) is 23.3 Å². The van der Waals surface area contributed by atoms with E-state index in [0.717, 1.165) is 22.6 Å². The highest BCUT2D eigenvalue weighted by atomic mass is 32.2. The lowest BCUT2D eigenvalue weighted by Gasteiger charge is -2.13. The second-order valence-corrected chi connectivity index (χ2v) is 7.19. The smallest absolute Gasteiger partial charge is 0.277 e. The molecule has 0 aliphatic rings. The fraction of sp³-hybridized carbons (Fsp3) is 0.167. The Morgan fingerprint density at radius 2 is 1.64 bits per heavy atom. The molecule has 3 aromatic rings. The van der Waals surface area contributed by atoms with Crippen LogP contribution in [0, 0.1) is 6.92 Å². The molecule has 0 aliphatic heterocycles.